The topological polar surface area (TPSA) is 69.6 Å². The minimum atomic E-state index is -0.844. The van der Waals surface area contributed by atoms with Gasteiger partial charge in [0.25, 0.3) is 0 Å². The summed E-state index contributed by atoms with van der Waals surface area (Å²) in [5, 5.41) is 11.7. The van der Waals surface area contributed by atoms with Gasteiger partial charge in [-0.05, 0) is 37.6 Å². The number of likely N-dealkylation sites (tertiary alicyclic amines) is 1. The lowest BCUT2D eigenvalue weighted by Gasteiger charge is -2.29. The molecule has 0 saturated carbocycles. The summed E-state index contributed by atoms with van der Waals surface area (Å²) in [4.78, 5) is 24.6. The van der Waals surface area contributed by atoms with Crippen LogP contribution in [0.15, 0.2) is 18.2 Å². The highest BCUT2D eigenvalue weighted by molar-refractivity contribution is 6.30. The standard InChI is InChI=1S/C14H16ClFN2O3/c15-10-3-4-12(11(16)6-10)17-13(19)8-18-5-1-2-9(7-18)14(20)21/h3-4,6,9H,1-2,5,7-8H2,(H,17,19)(H,20,21). The fourth-order valence-electron chi connectivity index (χ4n) is 2.38. The van der Waals surface area contributed by atoms with E-state index in [1.54, 1.807) is 4.90 Å². The molecule has 1 atom stereocenters. The first kappa shape index (κ1) is 15.7. The smallest absolute Gasteiger partial charge is 0.307 e. The third kappa shape index (κ3) is 4.41. The third-order valence-electron chi connectivity index (χ3n) is 3.43. The van der Waals surface area contributed by atoms with E-state index in [0.717, 1.165) is 12.5 Å². The number of carbonyl (C=O) groups excluding carboxylic acids is 1. The zero-order chi connectivity index (χ0) is 15.4. The lowest BCUT2D eigenvalue weighted by atomic mass is 9.98. The first-order valence-electron chi connectivity index (χ1n) is 6.66. The number of aliphatic carboxylic acids is 1. The van der Waals surface area contributed by atoms with Crippen molar-refractivity contribution >= 4 is 29.2 Å². The van der Waals surface area contributed by atoms with Crippen LogP contribution in [0.2, 0.25) is 5.02 Å². The van der Waals surface area contributed by atoms with Crippen molar-refractivity contribution in [3.63, 3.8) is 0 Å². The lowest BCUT2D eigenvalue weighted by molar-refractivity contribution is -0.144. The highest BCUT2D eigenvalue weighted by atomic mass is 35.5. The fraction of sp³-hybridized carbons (Fsp3) is 0.429. The Morgan fingerprint density at radius 1 is 1.48 bits per heavy atom. The average molecular weight is 315 g/mol. The number of halogens is 2. The summed E-state index contributed by atoms with van der Waals surface area (Å²) in [7, 11) is 0. The molecule has 0 radical (unpaired) electrons. The number of anilines is 1. The number of piperidine rings is 1. The molecule has 21 heavy (non-hydrogen) atoms. The Hall–Kier alpha value is -1.66. The van der Waals surface area contributed by atoms with Gasteiger partial charge in [0.05, 0.1) is 18.2 Å². The Kier molecular flexibility index (Phi) is 5.14. The second-order valence-electron chi connectivity index (χ2n) is 5.08. The molecule has 1 saturated heterocycles. The van der Waals surface area contributed by atoms with Gasteiger partial charge in [0.1, 0.15) is 5.82 Å². The summed E-state index contributed by atoms with van der Waals surface area (Å²) in [6.07, 6.45) is 1.36. The van der Waals surface area contributed by atoms with Gasteiger partial charge in [-0.3, -0.25) is 14.5 Å². The number of amides is 1. The number of benzene rings is 1. The van der Waals surface area contributed by atoms with Crippen LogP contribution < -0.4 is 5.32 Å². The molecule has 1 fully saturated rings. The van der Waals surface area contributed by atoms with Gasteiger partial charge < -0.3 is 10.4 Å². The summed E-state index contributed by atoms with van der Waals surface area (Å²) in [6, 6.07) is 4.01. The minimum Gasteiger partial charge on any atom is -0.481 e. The van der Waals surface area contributed by atoms with Gasteiger partial charge in [0, 0.05) is 11.6 Å². The van der Waals surface area contributed by atoms with Crippen molar-refractivity contribution in [2.45, 2.75) is 12.8 Å². The van der Waals surface area contributed by atoms with E-state index in [4.69, 9.17) is 16.7 Å². The normalized spacial score (nSPS) is 19.2. The molecule has 1 amide bonds. The molecular weight excluding hydrogens is 299 g/mol. The number of nitrogens with zero attached hydrogens (tertiary/aromatic N) is 1. The number of carbonyl (C=O) groups is 2. The molecule has 1 aliphatic heterocycles. The third-order valence-corrected chi connectivity index (χ3v) is 3.66. The molecule has 5 nitrogen and oxygen atoms in total. The van der Waals surface area contributed by atoms with Crippen molar-refractivity contribution in [3.8, 4) is 0 Å². The van der Waals surface area contributed by atoms with Crippen LogP contribution in [0.3, 0.4) is 0 Å². The molecule has 1 aromatic rings. The van der Waals surface area contributed by atoms with Gasteiger partial charge in [-0.2, -0.15) is 0 Å². The van der Waals surface area contributed by atoms with Crippen LogP contribution in [0.25, 0.3) is 0 Å². The Morgan fingerprint density at radius 3 is 2.90 bits per heavy atom. The summed E-state index contributed by atoms with van der Waals surface area (Å²) >= 11 is 5.64. The van der Waals surface area contributed by atoms with Crippen LogP contribution in [0.4, 0.5) is 10.1 Å². The maximum Gasteiger partial charge on any atom is 0.307 e. The molecule has 7 heteroatoms. The van der Waals surface area contributed by atoms with E-state index < -0.39 is 17.7 Å². The molecule has 1 heterocycles. The summed E-state index contributed by atoms with van der Waals surface area (Å²) in [5.74, 6) is -2.26. The van der Waals surface area contributed by atoms with Gasteiger partial charge in [-0.15, -0.1) is 0 Å². The van der Waals surface area contributed by atoms with Crippen molar-refractivity contribution in [1.29, 1.82) is 0 Å². The number of hydrogen-bond donors (Lipinski definition) is 2. The highest BCUT2D eigenvalue weighted by Gasteiger charge is 2.26. The molecule has 114 valence electrons. The number of nitrogens with one attached hydrogen (secondary N) is 1. The van der Waals surface area contributed by atoms with Gasteiger partial charge in [-0.1, -0.05) is 11.6 Å². The Balaban J connectivity index is 1.91. The Morgan fingerprint density at radius 2 is 2.24 bits per heavy atom. The Bertz CT molecular complexity index is 553. The van der Waals surface area contributed by atoms with Crippen molar-refractivity contribution in [3.05, 3.63) is 29.0 Å². The van der Waals surface area contributed by atoms with E-state index in [-0.39, 0.29) is 23.2 Å². The van der Waals surface area contributed by atoms with E-state index in [9.17, 15) is 14.0 Å². The molecule has 0 aliphatic carbocycles. The molecule has 1 aromatic carbocycles. The van der Waals surface area contributed by atoms with Crippen LogP contribution in [-0.2, 0) is 9.59 Å². The highest BCUT2D eigenvalue weighted by Crippen LogP contribution is 2.19. The quantitative estimate of drug-likeness (QED) is 0.894. The average Bonchev–Trinajstić information content (AvgIpc) is 2.42. The fourth-order valence-corrected chi connectivity index (χ4v) is 2.54. The molecule has 0 bridgehead atoms. The van der Waals surface area contributed by atoms with Crippen LogP contribution in [0.5, 0.6) is 0 Å². The van der Waals surface area contributed by atoms with E-state index in [1.165, 1.54) is 12.1 Å². The van der Waals surface area contributed by atoms with Crippen molar-refractivity contribution < 1.29 is 19.1 Å². The number of hydrogen-bond acceptors (Lipinski definition) is 3. The molecule has 2 rings (SSSR count). The van der Waals surface area contributed by atoms with E-state index in [0.29, 0.717) is 19.5 Å². The summed E-state index contributed by atoms with van der Waals surface area (Å²) in [5.41, 5.74) is 0.0659. The molecule has 2 N–H and O–H groups in total. The van der Waals surface area contributed by atoms with Crippen molar-refractivity contribution in [2.75, 3.05) is 25.0 Å². The zero-order valence-electron chi connectivity index (χ0n) is 11.3. The maximum absolute atomic E-state index is 13.6. The second-order valence-corrected chi connectivity index (χ2v) is 5.52. The largest absolute Gasteiger partial charge is 0.481 e. The molecule has 0 aromatic heterocycles. The molecule has 1 unspecified atom stereocenters. The van der Waals surface area contributed by atoms with Crippen LogP contribution in [0, 0.1) is 11.7 Å². The molecular formula is C14H16ClFN2O3. The zero-order valence-corrected chi connectivity index (χ0v) is 12.1. The van der Waals surface area contributed by atoms with E-state index in [2.05, 4.69) is 5.32 Å². The van der Waals surface area contributed by atoms with Gasteiger partial charge in [0.2, 0.25) is 5.91 Å². The predicted octanol–water partition coefficient (Wildman–Crippen LogP) is 2.21. The van der Waals surface area contributed by atoms with Gasteiger partial charge in [-0.25, -0.2) is 4.39 Å². The van der Waals surface area contributed by atoms with Crippen molar-refractivity contribution in [1.82, 2.24) is 4.90 Å². The summed E-state index contributed by atoms with van der Waals surface area (Å²) in [6.45, 7) is 1.05. The molecule has 0 spiro atoms. The van der Waals surface area contributed by atoms with Crippen LogP contribution in [0.1, 0.15) is 12.8 Å². The molecule has 1 aliphatic rings. The predicted molar refractivity (Wildman–Crippen MR) is 76.8 cm³/mol. The number of rotatable bonds is 4. The van der Waals surface area contributed by atoms with Crippen LogP contribution >= 0.6 is 11.6 Å². The van der Waals surface area contributed by atoms with E-state index >= 15 is 0 Å². The Labute approximate surface area is 126 Å². The number of carboxylic acids is 1. The minimum absolute atomic E-state index is 0.0475. The number of carboxylic acid groups (broad SMARTS) is 1. The van der Waals surface area contributed by atoms with Gasteiger partial charge >= 0.3 is 5.97 Å². The van der Waals surface area contributed by atoms with Crippen molar-refractivity contribution in [2.24, 2.45) is 5.92 Å². The first-order chi connectivity index (χ1) is 9.95. The SMILES string of the molecule is O=C(CN1CCCC(C(=O)O)C1)Nc1ccc(Cl)cc1F. The monoisotopic (exact) mass is 314 g/mol. The lowest BCUT2D eigenvalue weighted by Crippen LogP contribution is -2.42. The summed E-state index contributed by atoms with van der Waals surface area (Å²) < 4.78 is 13.6. The van der Waals surface area contributed by atoms with Gasteiger partial charge in [0.15, 0.2) is 0 Å². The van der Waals surface area contributed by atoms with Crippen LogP contribution in [-0.4, -0.2) is 41.5 Å². The van der Waals surface area contributed by atoms with E-state index in [1.807, 2.05) is 0 Å². The maximum atomic E-state index is 13.6. The second kappa shape index (κ2) is 6.87. The first-order valence-corrected chi connectivity index (χ1v) is 7.03.